The molecule has 1 fully saturated rings. The van der Waals surface area contributed by atoms with E-state index in [9.17, 15) is 14.4 Å². The van der Waals surface area contributed by atoms with Gasteiger partial charge in [0.2, 0.25) is 0 Å². The van der Waals surface area contributed by atoms with Crippen LogP contribution in [0.1, 0.15) is 25.8 Å². The van der Waals surface area contributed by atoms with E-state index in [-0.39, 0.29) is 24.4 Å². The molecule has 0 aliphatic carbocycles. The van der Waals surface area contributed by atoms with Gasteiger partial charge in [-0.05, 0) is 32.1 Å². The highest BCUT2D eigenvalue weighted by Gasteiger charge is 2.65. The van der Waals surface area contributed by atoms with E-state index in [0.717, 1.165) is 0 Å². The zero-order valence-corrected chi connectivity index (χ0v) is 17.4. The lowest BCUT2D eigenvalue weighted by Crippen LogP contribution is -2.57. The molecular weight excluding hydrogens is 394 g/mol. The van der Waals surface area contributed by atoms with E-state index in [1.807, 2.05) is 43.3 Å². The minimum absolute atomic E-state index is 0.0340. The van der Waals surface area contributed by atoms with Crippen molar-refractivity contribution in [1.82, 2.24) is 0 Å². The molecule has 2 aliphatic heterocycles. The summed E-state index contributed by atoms with van der Waals surface area (Å²) in [6, 6.07) is 17.8. The van der Waals surface area contributed by atoms with Gasteiger partial charge in [0.1, 0.15) is 11.9 Å². The number of ether oxygens (including phenoxy) is 2. The number of amides is 1. The molecule has 6 heteroatoms. The number of para-hydroxylation sites is 1. The summed E-state index contributed by atoms with van der Waals surface area (Å²) < 4.78 is 11.6. The molecule has 2 aromatic rings. The molecule has 0 N–H and O–H groups in total. The zero-order valence-electron chi connectivity index (χ0n) is 17.4. The topological polar surface area (TPSA) is 72.9 Å². The van der Waals surface area contributed by atoms with Gasteiger partial charge in [0, 0.05) is 17.7 Å². The lowest BCUT2D eigenvalue weighted by molar-refractivity contribution is -0.150. The number of hydrogen-bond acceptors (Lipinski definition) is 5. The number of nitrogens with zero attached hydrogens (tertiary/aromatic N) is 1. The summed E-state index contributed by atoms with van der Waals surface area (Å²) >= 11 is 0. The Hall–Kier alpha value is -3.67. The number of ketones is 1. The SMILES string of the molecule is C/C=C/[C@H]1C[C@]2(C(=O)OCC)C(=C(c3ccccc3)O1)C(=O)C(=O)N2c1ccccc1. The van der Waals surface area contributed by atoms with Gasteiger partial charge < -0.3 is 9.47 Å². The summed E-state index contributed by atoms with van der Waals surface area (Å²) in [6.45, 7) is 3.67. The minimum Gasteiger partial charge on any atom is -0.485 e. The van der Waals surface area contributed by atoms with Crippen molar-refractivity contribution in [2.45, 2.75) is 31.9 Å². The van der Waals surface area contributed by atoms with E-state index >= 15 is 0 Å². The monoisotopic (exact) mass is 417 g/mol. The first-order valence-corrected chi connectivity index (χ1v) is 10.3. The largest absolute Gasteiger partial charge is 0.485 e. The average Bonchev–Trinajstić information content (AvgIpc) is 3.02. The first-order valence-electron chi connectivity index (χ1n) is 10.3. The van der Waals surface area contributed by atoms with Crippen LogP contribution in [0.3, 0.4) is 0 Å². The quantitative estimate of drug-likeness (QED) is 0.422. The molecule has 158 valence electrons. The normalized spacial score (nSPS) is 23.2. The molecule has 6 nitrogen and oxygen atoms in total. The molecule has 2 heterocycles. The average molecular weight is 417 g/mol. The molecule has 4 rings (SSSR count). The second kappa shape index (κ2) is 8.22. The van der Waals surface area contributed by atoms with E-state index in [4.69, 9.17) is 9.47 Å². The van der Waals surface area contributed by atoms with E-state index in [2.05, 4.69) is 0 Å². The minimum atomic E-state index is -1.61. The molecular formula is C25H23NO5. The van der Waals surface area contributed by atoms with Crippen LogP contribution < -0.4 is 4.90 Å². The van der Waals surface area contributed by atoms with Crippen molar-refractivity contribution in [3.63, 3.8) is 0 Å². The van der Waals surface area contributed by atoms with Gasteiger partial charge in [0.15, 0.2) is 5.54 Å². The number of carbonyl (C=O) groups excluding carboxylic acids is 3. The molecule has 0 bridgehead atoms. The number of benzene rings is 2. The molecule has 1 saturated heterocycles. The first-order chi connectivity index (χ1) is 15.0. The van der Waals surface area contributed by atoms with Crippen LogP contribution in [-0.4, -0.2) is 35.9 Å². The predicted octanol–water partition coefficient (Wildman–Crippen LogP) is 3.68. The number of rotatable bonds is 5. The van der Waals surface area contributed by atoms with Crippen LogP contribution in [0.5, 0.6) is 0 Å². The van der Waals surface area contributed by atoms with Crippen molar-refractivity contribution < 1.29 is 23.9 Å². The van der Waals surface area contributed by atoms with Gasteiger partial charge in [-0.3, -0.25) is 14.5 Å². The highest BCUT2D eigenvalue weighted by molar-refractivity contribution is 6.54. The van der Waals surface area contributed by atoms with Crippen molar-refractivity contribution in [3.05, 3.63) is 84.0 Å². The number of hydrogen-bond donors (Lipinski definition) is 0. The number of carbonyl (C=O) groups is 3. The maximum absolute atomic E-state index is 13.5. The highest BCUT2D eigenvalue weighted by atomic mass is 16.5. The second-order valence-electron chi connectivity index (χ2n) is 7.34. The van der Waals surface area contributed by atoms with Crippen LogP contribution >= 0.6 is 0 Å². The van der Waals surface area contributed by atoms with Crippen LogP contribution in [0.4, 0.5) is 5.69 Å². The van der Waals surface area contributed by atoms with Gasteiger partial charge in [0.05, 0.1) is 12.2 Å². The molecule has 0 saturated carbocycles. The Bertz CT molecular complexity index is 1070. The van der Waals surface area contributed by atoms with Gasteiger partial charge in [-0.15, -0.1) is 0 Å². The molecule has 0 unspecified atom stereocenters. The fourth-order valence-electron chi connectivity index (χ4n) is 4.27. The maximum Gasteiger partial charge on any atom is 0.337 e. The van der Waals surface area contributed by atoms with Crippen LogP contribution in [0.15, 0.2) is 78.4 Å². The van der Waals surface area contributed by atoms with Gasteiger partial charge in [-0.2, -0.15) is 0 Å². The summed E-state index contributed by atoms with van der Waals surface area (Å²) in [5.74, 6) is -1.93. The van der Waals surface area contributed by atoms with Crippen molar-refractivity contribution >= 4 is 29.1 Å². The standard InChI is InChI=1S/C25H23NO5/c1-3-11-19-16-25(24(29)30-4-2)20(22(31-19)17-12-7-5-8-13-17)21(27)23(28)26(25)18-14-9-6-10-15-18/h3,5-15,19H,4,16H2,1-2H3/b11-3+/t19-,25+/m0/s1. The van der Waals surface area contributed by atoms with Crippen molar-refractivity contribution in [3.8, 4) is 0 Å². The number of anilines is 1. The first kappa shape index (κ1) is 20.6. The Balaban J connectivity index is 2.05. The Kier molecular flexibility index (Phi) is 5.46. The molecule has 2 aromatic carbocycles. The highest BCUT2D eigenvalue weighted by Crippen LogP contribution is 2.49. The third kappa shape index (κ3) is 3.24. The molecule has 0 radical (unpaired) electrons. The molecule has 2 aliphatic rings. The Morgan fingerprint density at radius 2 is 1.77 bits per heavy atom. The summed E-state index contributed by atoms with van der Waals surface area (Å²) in [7, 11) is 0. The van der Waals surface area contributed by atoms with Gasteiger partial charge in [0.25, 0.3) is 5.78 Å². The summed E-state index contributed by atoms with van der Waals surface area (Å²) in [5, 5.41) is 0. The van der Waals surface area contributed by atoms with Crippen molar-refractivity contribution in [2.24, 2.45) is 0 Å². The number of fused-ring (bicyclic) bond motifs is 1. The fourth-order valence-corrected chi connectivity index (χ4v) is 4.27. The number of allylic oxidation sites excluding steroid dienone is 1. The molecule has 2 atom stereocenters. The van der Waals surface area contributed by atoms with Crippen molar-refractivity contribution in [1.29, 1.82) is 0 Å². The van der Waals surface area contributed by atoms with Crippen LogP contribution in [0.25, 0.3) is 5.76 Å². The van der Waals surface area contributed by atoms with Gasteiger partial charge >= 0.3 is 11.9 Å². The van der Waals surface area contributed by atoms with E-state index in [1.165, 1.54) is 4.90 Å². The smallest absolute Gasteiger partial charge is 0.337 e. The third-order valence-electron chi connectivity index (χ3n) is 5.48. The molecule has 1 amide bonds. The summed E-state index contributed by atoms with van der Waals surface area (Å²) in [6.07, 6.45) is 3.19. The lowest BCUT2D eigenvalue weighted by Gasteiger charge is -2.41. The number of esters is 1. The van der Waals surface area contributed by atoms with E-state index < -0.39 is 29.3 Å². The van der Waals surface area contributed by atoms with E-state index in [1.54, 1.807) is 43.3 Å². The predicted molar refractivity (Wildman–Crippen MR) is 116 cm³/mol. The fraction of sp³-hybridized carbons (Fsp3) is 0.240. The van der Waals surface area contributed by atoms with Crippen LogP contribution in [-0.2, 0) is 23.9 Å². The number of Topliss-reactive ketones (excluding diaryl/α,β-unsaturated/α-hetero) is 1. The molecule has 0 aromatic heterocycles. The lowest BCUT2D eigenvalue weighted by atomic mass is 9.80. The molecule has 31 heavy (non-hydrogen) atoms. The molecule has 0 spiro atoms. The van der Waals surface area contributed by atoms with E-state index in [0.29, 0.717) is 11.3 Å². The second-order valence-corrected chi connectivity index (χ2v) is 7.34. The van der Waals surface area contributed by atoms with Crippen LogP contribution in [0, 0.1) is 0 Å². The van der Waals surface area contributed by atoms with Crippen LogP contribution in [0.2, 0.25) is 0 Å². The Morgan fingerprint density at radius 1 is 1.13 bits per heavy atom. The summed E-state index contributed by atoms with van der Waals surface area (Å²) in [5.41, 5.74) is -0.500. The Morgan fingerprint density at radius 3 is 2.39 bits per heavy atom. The summed E-state index contributed by atoms with van der Waals surface area (Å²) in [4.78, 5) is 41.4. The van der Waals surface area contributed by atoms with Gasteiger partial charge in [-0.25, -0.2) is 4.79 Å². The zero-order chi connectivity index (χ0) is 22.0. The third-order valence-corrected chi connectivity index (χ3v) is 5.48. The van der Waals surface area contributed by atoms with Gasteiger partial charge in [-0.1, -0.05) is 54.6 Å². The van der Waals surface area contributed by atoms with Crippen molar-refractivity contribution in [2.75, 3.05) is 11.5 Å². The Labute approximate surface area is 180 Å². The maximum atomic E-state index is 13.5.